The Kier molecular flexibility index (Phi) is 10.1. The van der Waals surface area contributed by atoms with Crippen molar-refractivity contribution in [2.45, 2.75) is 95.3 Å². The van der Waals surface area contributed by atoms with Gasteiger partial charge >= 0.3 is 0 Å². The molecule has 3 aliphatic rings. The minimum Gasteiger partial charge on any atom is -0.310 e. The molecule has 2 fully saturated rings. The van der Waals surface area contributed by atoms with Crippen molar-refractivity contribution >= 4 is 38.9 Å². The average Bonchev–Trinajstić information content (AvgIpc) is 3.82. The van der Waals surface area contributed by atoms with Gasteiger partial charge in [0.25, 0.3) is 0 Å². The van der Waals surface area contributed by atoms with E-state index in [0.29, 0.717) is 11.8 Å². The van der Waals surface area contributed by atoms with Gasteiger partial charge in [-0.05, 0) is 148 Å². The summed E-state index contributed by atoms with van der Waals surface area (Å²) < 4.78 is 2.54. The third-order valence-corrected chi connectivity index (χ3v) is 15.6. The summed E-state index contributed by atoms with van der Waals surface area (Å²) >= 11 is 0. The summed E-state index contributed by atoms with van der Waals surface area (Å²) in [6, 6.07) is 69.3. The van der Waals surface area contributed by atoms with E-state index in [-0.39, 0.29) is 5.41 Å². The van der Waals surface area contributed by atoms with Gasteiger partial charge in [-0.1, -0.05) is 174 Å². The SMILES string of the molecule is CC1(C)c2cc(N(c3ccc(C4CCCCC4)cc3)c3ccc(C4CCCCC4)cc3)c(-c3ccccc3)cc2-c2ccc3c4cc(-c5ccccc5)ccc4n(-c4ccccc4)c3c21. The van der Waals surface area contributed by atoms with Gasteiger partial charge in [-0.15, -0.1) is 0 Å². The number of fused-ring (bicyclic) bond motifs is 7. The summed E-state index contributed by atoms with van der Waals surface area (Å²) in [5, 5.41) is 2.58. The minimum absolute atomic E-state index is 0.307. The second kappa shape index (κ2) is 16.4. The zero-order valence-electron chi connectivity index (χ0n) is 37.9. The standard InChI is InChI=1S/C63H58N2/c1-63(2)58-42-60(64(51-33-28-46(29-34-51)43-18-8-3-9-19-43)52-35-30-47(31-36-52)44-20-10-4-11-21-44)55(48-24-14-6-15-25-48)41-56(58)53-37-38-54-57-40-49(45-22-12-5-13-23-45)32-39-59(57)65(62(54)61(53)63)50-26-16-7-17-27-50/h5-7,12-17,22-44H,3-4,8-11,18-21H2,1-2H3. The third-order valence-electron chi connectivity index (χ3n) is 15.6. The highest BCUT2D eigenvalue weighted by molar-refractivity contribution is 6.14. The first kappa shape index (κ1) is 39.9. The maximum Gasteiger partial charge on any atom is 0.0588 e. The molecule has 12 rings (SSSR count). The van der Waals surface area contributed by atoms with Crippen molar-refractivity contribution in [2.75, 3.05) is 4.90 Å². The Morgan fingerprint density at radius 2 is 1.00 bits per heavy atom. The Bertz CT molecular complexity index is 3080. The summed E-state index contributed by atoms with van der Waals surface area (Å²) in [5.74, 6) is 1.32. The molecule has 0 radical (unpaired) electrons. The van der Waals surface area contributed by atoms with E-state index in [1.807, 2.05) is 0 Å². The second-order valence-electron chi connectivity index (χ2n) is 19.7. The number of para-hydroxylation sites is 1. The van der Waals surface area contributed by atoms with E-state index in [2.05, 4.69) is 205 Å². The summed E-state index contributed by atoms with van der Waals surface area (Å²) in [5.41, 5.74) is 20.4. The van der Waals surface area contributed by atoms with E-state index >= 15 is 0 Å². The molecule has 0 unspecified atom stereocenters. The molecule has 320 valence electrons. The van der Waals surface area contributed by atoms with Crippen LogP contribution < -0.4 is 4.90 Å². The van der Waals surface area contributed by atoms with Gasteiger partial charge in [-0.3, -0.25) is 0 Å². The fourth-order valence-corrected chi connectivity index (χ4v) is 12.2. The van der Waals surface area contributed by atoms with Crippen LogP contribution in [0.5, 0.6) is 0 Å². The number of rotatable bonds is 8. The molecule has 8 aromatic carbocycles. The monoisotopic (exact) mass is 842 g/mol. The van der Waals surface area contributed by atoms with E-state index in [1.165, 1.54) is 164 Å². The van der Waals surface area contributed by atoms with Gasteiger partial charge in [0.1, 0.15) is 0 Å². The van der Waals surface area contributed by atoms with Crippen molar-refractivity contribution in [1.29, 1.82) is 0 Å². The van der Waals surface area contributed by atoms with Gasteiger partial charge in [0.15, 0.2) is 0 Å². The normalized spacial score (nSPS) is 16.2. The van der Waals surface area contributed by atoms with Crippen LogP contribution in [-0.2, 0) is 5.41 Å². The molecule has 0 aliphatic heterocycles. The summed E-state index contributed by atoms with van der Waals surface area (Å²) in [7, 11) is 0. The van der Waals surface area contributed by atoms with Gasteiger partial charge < -0.3 is 9.47 Å². The molecular weight excluding hydrogens is 785 g/mol. The Balaban J connectivity index is 1.08. The van der Waals surface area contributed by atoms with Crippen LogP contribution in [0.25, 0.3) is 60.9 Å². The zero-order valence-corrected chi connectivity index (χ0v) is 37.9. The quantitative estimate of drug-likeness (QED) is 0.148. The molecule has 2 saturated carbocycles. The first-order chi connectivity index (χ1) is 32.0. The number of benzene rings is 8. The number of nitrogens with zero attached hydrogens (tertiary/aromatic N) is 2. The molecule has 9 aromatic rings. The molecule has 1 heterocycles. The van der Waals surface area contributed by atoms with Crippen LogP contribution in [0.4, 0.5) is 17.1 Å². The highest BCUT2D eigenvalue weighted by Crippen LogP contribution is 2.56. The van der Waals surface area contributed by atoms with Crippen molar-refractivity contribution in [1.82, 2.24) is 4.57 Å². The summed E-state index contributed by atoms with van der Waals surface area (Å²) in [6.07, 6.45) is 13.3. The number of hydrogen-bond donors (Lipinski definition) is 0. The molecule has 0 spiro atoms. The highest BCUT2D eigenvalue weighted by Gasteiger charge is 2.40. The van der Waals surface area contributed by atoms with E-state index in [0.717, 1.165) is 0 Å². The van der Waals surface area contributed by atoms with Crippen LogP contribution in [0, 0.1) is 0 Å². The lowest BCUT2D eigenvalue weighted by atomic mass is 9.80. The van der Waals surface area contributed by atoms with Crippen LogP contribution in [0.15, 0.2) is 182 Å². The van der Waals surface area contributed by atoms with Crippen LogP contribution in [0.2, 0.25) is 0 Å². The first-order valence-electron chi connectivity index (χ1n) is 24.5. The Morgan fingerprint density at radius 3 is 1.58 bits per heavy atom. The van der Waals surface area contributed by atoms with Crippen molar-refractivity contribution < 1.29 is 0 Å². The smallest absolute Gasteiger partial charge is 0.0588 e. The minimum atomic E-state index is -0.307. The molecule has 1 aromatic heterocycles. The second-order valence-corrected chi connectivity index (χ2v) is 19.7. The molecular formula is C63H58N2. The lowest BCUT2D eigenvalue weighted by Gasteiger charge is -2.31. The molecule has 0 saturated heterocycles. The van der Waals surface area contributed by atoms with Crippen LogP contribution in [0.3, 0.4) is 0 Å². The van der Waals surface area contributed by atoms with Crippen molar-refractivity contribution in [3.8, 4) is 39.1 Å². The number of aromatic nitrogens is 1. The van der Waals surface area contributed by atoms with Gasteiger partial charge in [0, 0.05) is 38.8 Å². The molecule has 0 N–H and O–H groups in total. The maximum absolute atomic E-state index is 2.57. The average molecular weight is 843 g/mol. The zero-order chi connectivity index (χ0) is 43.5. The molecule has 0 amide bonds. The Labute approximate surface area is 385 Å². The van der Waals surface area contributed by atoms with Crippen molar-refractivity contribution in [3.05, 3.63) is 204 Å². The highest BCUT2D eigenvalue weighted by atomic mass is 15.1. The predicted molar refractivity (Wildman–Crippen MR) is 276 cm³/mol. The van der Waals surface area contributed by atoms with E-state index < -0.39 is 0 Å². The lowest BCUT2D eigenvalue weighted by molar-refractivity contribution is 0.443. The van der Waals surface area contributed by atoms with E-state index in [4.69, 9.17) is 0 Å². The Hall–Kier alpha value is -6.64. The van der Waals surface area contributed by atoms with Crippen LogP contribution in [0.1, 0.15) is 112 Å². The van der Waals surface area contributed by atoms with E-state index in [1.54, 1.807) is 0 Å². The number of hydrogen-bond acceptors (Lipinski definition) is 1. The molecule has 2 heteroatoms. The topological polar surface area (TPSA) is 8.17 Å². The third kappa shape index (κ3) is 6.92. The van der Waals surface area contributed by atoms with Crippen LogP contribution in [-0.4, -0.2) is 4.57 Å². The number of anilines is 3. The predicted octanol–water partition coefficient (Wildman–Crippen LogP) is 18.0. The Morgan fingerprint density at radius 1 is 0.446 bits per heavy atom. The molecule has 65 heavy (non-hydrogen) atoms. The molecule has 2 nitrogen and oxygen atoms in total. The summed E-state index contributed by atoms with van der Waals surface area (Å²) in [4.78, 5) is 2.57. The van der Waals surface area contributed by atoms with Gasteiger partial charge in [-0.25, -0.2) is 0 Å². The summed E-state index contributed by atoms with van der Waals surface area (Å²) in [6.45, 7) is 4.93. The largest absolute Gasteiger partial charge is 0.310 e. The maximum atomic E-state index is 2.57. The lowest BCUT2D eigenvalue weighted by Crippen LogP contribution is -2.18. The van der Waals surface area contributed by atoms with E-state index in [9.17, 15) is 0 Å². The fourth-order valence-electron chi connectivity index (χ4n) is 12.2. The fraction of sp³-hybridized carbons (Fsp3) is 0.238. The first-order valence-corrected chi connectivity index (χ1v) is 24.5. The molecule has 0 bridgehead atoms. The molecule has 0 atom stereocenters. The van der Waals surface area contributed by atoms with Gasteiger partial charge in [-0.2, -0.15) is 0 Å². The van der Waals surface area contributed by atoms with Gasteiger partial charge in [0.2, 0.25) is 0 Å². The van der Waals surface area contributed by atoms with Crippen LogP contribution >= 0.6 is 0 Å². The molecule has 3 aliphatic carbocycles. The van der Waals surface area contributed by atoms with Crippen molar-refractivity contribution in [2.24, 2.45) is 0 Å². The van der Waals surface area contributed by atoms with Gasteiger partial charge in [0.05, 0.1) is 16.7 Å². The van der Waals surface area contributed by atoms with Crippen molar-refractivity contribution in [3.63, 3.8) is 0 Å².